The third kappa shape index (κ3) is 8.57. The van der Waals surface area contributed by atoms with Gasteiger partial charge in [0.2, 0.25) is 0 Å². The number of rotatable bonds is 16. The van der Waals surface area contributed by atoms with E-state index in [0.29, 0.717) is 25.7 Å². The van der Waals surface area contributed by atoms with Crippen molar-refractivity contribution >= 4 is 43.2 Å². The monoisotopic (exact) mass is 878 g/mol. The Morgan fingerprint density at radius 2 is 0.966 bits per heavy atom. The van der Waals surface area contributed by atoms with E-state index in [1.807, 2.05) is 0 Å². The third-order valence-corrected chi connectivity index (χ3v) is 15.5. The number of benzene rings is 2. The number of alkyl halides is 6. The maximum atomic E-state index is 14.0. The molecule has 324 valence electrons. The molecule has 2 aromatic rings. The number of oxime groups is 2. The van der Waals surface area contributed by atoms with Gasteiger partial charge < -0.3 is 9.47 Å². The van der Waals surface area contributed by atoms with Gasteiger partial charge in [-0.1, -0.05) is 38.0 Å². The maximum absolute atomic E-state index is 14.0. The van der Waals surface area contributed by atoms with Crippen molar-refractivity contribution in [2.24, 2.45) is 43.8 Å². The van der Waals surface area contributed by atoms with Crippen LogP contribution in [0.3, 0.4) is 0 Å². The van der Waals surface area contributed by atoms with Gasteiger partial charge in [0.05, 0.1) is 24.0 Å². The zero-order valence-electron chi connectivity index (χ0n) is 32.6. The van der Waals surface area contributed by atoms with Crippen molar-refractivity contribution in [2.45, 2.75) is 85.0 Å². The van der Waals surface area contributed by atoms with Gasteiger partial charge in [-0.05, 0) is 96.9 Å². The van der Waals surface area contributed by atoms with Gasteiger partial charge in [-0.25, -0.2) is 0 Å². The lowest BCUT2D eigenvalue weighted by Crippen LogP contribution is -2.42. The topological polar surface area (TPSA) is 164 Å². The van der Waals surface area contributed by atoms with Crippen LogP contribution in [0.1, 0.15) is 83.8 Å². The molecule has 0 aliphatic heterocycles. The van der Waals surface area contributed by atoms with Crippen molar-refractivity contribution in [3.05, 3.63) is 59.7 Å². The average molecular weight is 879 g/mol. The zero-order valence-corrected chi connectivity index (χ0v) is 34.2. The van der Waals surface area contributed by atoms with Crippen molar-refractivity contribution in [2.75, 3.05) is 24.7 Å². The number of hydrogen-bond acceptors (Lipinski definition) is 12. The van der Waals surface area contributed by atoms with E-state index < -0.39 is 88.3 Å². The molecule has 4 bridgehead atoms. The van der Waals surface area contributed by atoms with Crippen LogP contribution in [0.15, 0.2) is 58.8 Å². The lowest BCUT2D eigenvalue weighted by Gasteiger charge is -2.35. The molecule has 4 atom stereocenters. The Bertz CT molecular complexity index is 2080. The van der Waals surface area contributed by atoms with Crippen molar-refractivity contribution in [3.8, 4) is 11.5 Å². The molecule has 12 nitrogen and oxygen atoms in total. The van der Waals surface area contributed by atoms with Crippen LogP contribution in [0.5, 0.6) is 11.5 Å². The zero-order chi connectivity index (χ0) is 43.5. The van der Waals surface area contributed by atoms with Gasteiger partial charge in [-0.15, -0.1) is 0 Å². The molecule has 4 unspecified atom stereocenters. The molecule has 4 saturated carbocycles. The number of Topliss-reactive ketones (excluding diaryl/α,β-unsaturated/α-hetero) is 2. The quantitative estimate of drug-likeness (QED) is 0.0712. The highest BCUT2D eigenvalue weighted by Crippen LogP contribution is 2.65. The molecule has 0 N–H and O–H groups in total. The van der Waals surface area contributed by atoms with Gasteiger partial charge in [0.1, 0.15) is 34.6 Å². The van der Waals surface area contributed by atoms with Crippen molar-refractivity contribution < 1.29 is 70.8 Å². The summed E-state index contributed by atoms with van der Waals surface area (Å²) in [5.41, 5.74) is -8.05. The van der Waals surface area contributed by atoms with Crippen LogP contribution < -0.4 is 9.47 Å². The maximum Gasteiger partial charge on any atom is 0.437 e. The van der Waals surface area contributed by atoms with E-state index in [0.717, 1.165) is 24.3 Å². The summed E-state index contributed by atoms with van der Waals surface area (Å²) in [6.07, 6.45) is -7.69. The number of ketones is 2. The smallest absolute Gasteiger partial charge is 0.437 e. The highest BCUT2D eigenvalue weighted by Gasteiger charge is 2.67. The third-order valence-electron chi connectivity index (χ3n) is 13.2. The molecule has 59 heavy (non-hydrogen) atoms. The highest BCUT2D eigenvalue weighted by atomic mass is 32.2. The Hall–Kier alpha value is -4.20. The second-order valence-electron chi connectivity index (χ2n) is 16.9. The molecule has 4 fully saturated rings. The van der Waals surface area contributed by atoms with Gasteiger partial charge in [0, 0.05) is 30.4 Å². The van der Waals surface area contributed by atoms with Crippen molar-refractivity contribution in [1.29, 1.82) is 0 Å². The second kappa shape index (κ2) is 15.4. The molecule has 0 heterocycles. The molecule has 0 aromatic heterocycles. The first-order valence-electron chi connectivity index (χ1n) is 18.9. The Balaban J connectivity index is 1.000. The summed E-state index contributed by atoms with van der Waals surface area (Å²) in [4.78, 5) is 25.5. The van der Waals surface area contributed by atoms with Crippen LogP contribution in [-0.2, 0) is 38.4 Å². The molecular formula is C39H44F6N2O10S2. The Labute approximate surface area is 337 Å². The summed E-state index contributed by atoms with van der Waals surface area (Å²) in [6, 6.07) is 8.87. The fraction of sp³-hybridized carbons (Fsp3) is 0.590. The van der Waals surface area contributed by atoms with Crippen LogP contribution in [-0.4, -0.2) is 76.9 Å². The van der Waals surface area contributed by atoms with Crippen molar-refractivity contribution in [1.82, 2.24) is 0 Å². The number of ether oxygens (including phenoxy) is 2. The van der Waals surface area contributed by atoms with E-state index in [-0.39, 0.29) is 67.4 Å². The predicted molar refractivity (Wildman–Crippen MR) is 201 cm³/mol. The SMILES string of the molecule is CC1(C)C2CCC1(CS(=O)(=O)O/N=C(/c1ccc(OCCCOc3ccc(/C(=N/OS(=O)(=O)CC45CCC(CC4=O)C5(C)C)C(F)(F)F)cc3)cc1)C(F)(F)F)C(=O)C2. The normalized spacial score (nSPS) is 26.7. The average Bonchev–Trinajstić information content (AvgIpc) is 3.64. The molecular weight excluding hydrogens is 835 g/mol. The number of hydrogen-bond donors (Lipinski definition) is 0. The molecule has 20 heteroatoms. The summed E-state index contributed by atoms with van der Waals surface area (Å²) < 4.78 is 155. The molecule has 0 saturated heterocycles. The van der Waals surface area contributed by atoms with Gasteiger partial charge >= 0.3 is 32.6 Å². The number of carbonyl (C=O) groups is 2. The summed E-state index contributed by atoms with van der Waals surface area (Å²) in [7, 11) is -9.36. The first-order valence-corrected chi connectivity index (χ1v) is 22.0. The Morgan fingerprint density at radius 1 is 0.627 bits per heavy atom. The fourth-order valence-electron chi connectivity index (χ4n) is 9.45. The van der Waals surface area contributed by atoms with Crippen LogP contribution in [0, 0.1) is 33.5 Å². The number of nitrogens with zero attached hydrogens (tertiary/aromatic N) is 2. The minimum atomic E-state index is -5.10. The van der Waals surface area contributed by atoms with Crippen LogP contribution in [0.25, 0.3) is 0 Å². The molecule has 0 radical (unpaired) electrons. The van der Waals surface area contributed by atoms with Crippen LogP contribution in [0.4, 0.5) is 26.3 Å². The predicted octanol–water partition coefficient (Wildman–Crippen LogP) is 7.55. The van der Waals surface area contributed by atoms with E-state index >= 15 is 0 Å². The molecule has 2 aromatic carbocycles. The second-order valence-corrected chi connectivity index (χ2v) is 20.0. The van der Waals surface area contributed by atoms with E-state index in [1.54, 1.807) is 27.7 Å². The number of halogens is 6. The highest BCUT2D eigenvalue weighted by molar-refractivity contribution is 7.87. The fourth-order valence-corrected chi connectivity index (χ4v) is 12.5. The van der Waals surface area contributed by atoms with E-state index in [9.17, 15) is 52.8 Å². The minimum Gasteiger partial charge on any atom is -0.493 e. The van der Waals surface area contributed by atoms with Crippen molar-refractivity contribution in [3.63, 3.8) is 0 Å². The number of carbonyl (C=O) groups excluding carboxylic acids is 2. The Morgan fingerprint density at radius 3 is 1.24 bits per heavy atom. The van der Waals surface area contributed by atoms with Gasteiger partial charge in [-0.2, -0.15) is 43.2 Å². The molecule has 0 amide bonds. The molecule has 4 aliphatic carbocycles. The van der Waals surface area contributed by atoms with E-state index in [1.165, 1.54) is 24.3 Å². The standard InChI is InChI=1S/C39H44F6N2O10S2/c1-34(2)26-14-16-36(34,30(48)20-26)22-58(50,51)56-46-32(38(40,41)42)24-6-10-28(11-7-24)54-18-5-19-55-29-12-8-25(9-13-29)33(39(43,44)45)47-57-59(52,53)23-37-17-15-27(21-31(37)49)35(37,3)4/h6-13,26-27H,5,14-23H2,1-4H3/b46-32-,47-33-. The summed E-state index contributed by atoms with van der Waals surface area (Å²) in [5.74, 6) is -1.77. The van der Waals surface area contributed by atoms with E-state index in [2.05, 4.69) is 18.9 Å². The van der Waals surface area contributed by atoms with Gasteiger partial charge in [0.25, 0.3) is 0 Å². The Kier molecular flexibility index (Phi) is 11.6. The lowest BCUT2D eigenvalue weighted by atomic mass is 9.70. The molecule has 0 spiro atoms. The van der Waals surface area contributed by atoms with Crippen LogP contribution in [0.2, 0.25) is 0 Å². The number of fused-ring (bicyclic) bond motifs is 4. The van der Waals surface area contributed by atoms with Gasteiger partial charge in [0.15, 0.2) is 11.4 Å². The molecule has 4 aliphatic rings. The first kappa shape index (κ1) is 44.4. The summed E-state index contributed by atoms with van der Waals surface area (Å²) in [6.45, 7) is 7.15. The largest absolute Gasteiger partial charge is 0.493 e. The summed E-state index contributed by atoms with van der Waals surface area (Å²) >= 11 is 0. The van der Waals surface area contributed by atoms with E-state index in [4.69, 9.17) is 9.47 Å². The lowest BCUT2D eigenvalue weighted by molar-refractivity contribution is -0.128. The minimum absolute atomic E-state index is 0.0120. The van der Waals surface area contributed by atoms with Crippen LogP contribution >= 0.6 is 0 Å². The summed E-state index contributed by atoms with van der Waals surface area (Å²) in [5, 5.41) is 5.97. The molecule has 6 rings (SSSR count). The first-order chi connectivity index (χ1) is 27.2. The van der Waals surface area contributed by atoms with Gasteiger partial charge in [-0.3, -0.25) is 18.2 Å².